The molecule has 132 valence electrons. The van der Waals surface area contributed by atoms with Gasteiger partial charge < -0.3 is 15.5 Å². The van der Waals surface area contributed by atoms with E-state index in [1.165, 1.54) is 0 Å². The third-order valence-corrected chi connectivity index (χ3v) is 5.03. The minimum Gasteiger partial charge on any atom is -0.393 e. The number of aliphatic hydroxyl groups is 2. The molecule has 0 aromatic rings. The van der Waals surface area contributed by atoms with Gasteiger partial charge in [-0.05, 0) is 59.5 Å². The van der Waals surface area contributed by atoms with Gasteiger partial charge in [0.05, 0.1) is 12.1 Å². The second-order valence-electron chi connectivity index (χ2n) is 7.33. The number of hydrogen-bond donors (Lipinski definition) is 3. The summed E-state index contributed by atoms with van der Waals surface area (Å²) in [6, 6.07) is 0.551. The first-order valence-electron chi connectivity index (χ1n) is 8.99. The lowest BCUT2D eigenvalue weighted by Crippen LogP contribution is -2.50. The highest BCUT2D eigenvalue weighted by molar-refractivity contribution is 5.20. The quantitative estimate of drug-likeness (QED) is 0.665. The van der Waals surface area contributed by atoms with Gasteiger partial charge in [-0.2, -0.15) is 0 Å². The summed E-state index contributed by atoms with van der Waals surface area (Å²) < 4.78 is 0. The Hall–Kier alpha value is -0.640. The summed E-state index contributed by atoms with van der Waals surface area (Å²) in [5.74, 6) is 6.53. The Morgan fingerprint density at radius 2 is 2.04 bits per heavy atom. The normalized spacial score (nSPS) is 34.0. The molecule has 0 aliphatic carbocycles. The van der Waals surface area contributed by atoms with E-state index in [1.54, 1.807) is 0 Å². The van der Waals surface area contributed by atoms with Gasteiger partial charge >= 0.3 is 0 Å². The molecule has 2 aliphatic rings. The number of rotatable bonds is 3. The smallest absolute Gasteiger partial charge is 0.138 e. The van der Waals surface area contributed by atoms with E-state index in [2.05, 4.69) is 40.8 Å². The van der Waals surface area contributed by atoms with Crippen LogP contribution in [0.2, 0.25) is 0 Å². The first kappa shape index (κ1) is 18.7. The summed E-state index contributed by atoms with van der Waals surface area (Å²) >= 11 is 0. The molecule has 5 nitrogen and oxygen atoms in total. The minimum atomic E-state index is -0.890. The Balaban J connectivity index is 2.07. The van der Waals surface area contributed by atoms with Crippen LogP contribution in [0.15, 0.2) is 0 Å². The molecule has 3 unspecified atom stereocenters. The summed E-state index contributed by atoms with van der Waals surface area (Å²) in [6.45, 7) is 7.63. The first-order chi connectivity index (χ1) is 10.9. The molecular formula is C18H33N3O2. The van der Waals surface area contributed by atoms with E-state index < -0.39 is 5.60 Å². The molecule has 2 rings (SSSR count). The number of aliphatic hydroxyl groups excluding tert-OH is 1. The zero-order valence-corrected chi connectivity index (χ0v) is 14.9. The highest BCUT2D eigenvalue weighted by Gasteiger charge is 2.33. The van der Waals surface area contributed by atoms with Crippen LogP contribution in [0.4, 0.5) is 0 Å². The average molecular weight is 323 g/mol. The van der Waals surface area contributed by atoms with E-state index >= 15 is 0 Å². The number of β-amino-alcohol motifs (C(OH)–C–C–N with tert-alkyl or cyclic N) is 1. The molecule has 0 bridgehead atoms. The molecule has 2 aliphatic heterocycles. The number of nitrogens with zero attached hydrogens (tertiary/aromatic N) is 2. The minimum absolute atomic E-state index is 0.109. The number of nitrogens with one attached hydrogen (secondary N) is 1. The average Bonchev–Trinajstić information content (AvgIpc) is 2.68. The van der Waals surface area contributed by atoms with Crippen molar-refractivity contribution in [1.29, 1.82) is 0 Å². The van der Waals surface area contributed by atoms with Crippen LogP contribution in [-0.2, 0) is 0 Å². The fourth-order valence-electron chi connectivity index (χ4n) is 3.53. The number of piperidine rings is 1. The molecule has 0 aromatic carbocycles. The van der Waals surface area contributed by atoms with Crippen LogP contribution in [0.25, 0.3) is 0 Å². The summed E-state index contributed by atoms with van der Waals surface area (Å²) in [5.41, 5.74) is -0.890. The van der Waals surface area contributed by atoms with Gasteiger partial charge in [0.25, 0.3) is 0 Å². The molecule has 0 aromatic heterocycles. The number of hydrogen-bond acceptors (Lipinski definition) is 5. The van der Waals surface area contributed by atoms with Crippen molar-refractivity contribution < 1.29 is 10.2 Å². The van der Waals surface area contributed by atoms with E-state index in [0.717, 1.165) is 51.9 Å². The van der Waals surface area contributed by atoms with Gasteiger partial charge in [-0.25, -0.2) is 0 Å². The third kappa shape index (κ3) is 5.44. The number of likely N-dealkylation sites (tertiary alicyclic amines) is 2. The fraction of sp³-hybridized carbons (Fsp3) is 0.889. The molecule has 2 fully saturated rings. The van der Waals surface area contributed by atoms with Gasteiger partial charge in [-0.15, -0.1) is 0 Å². The van der Waals surface area contributed by atoms with E-state index in [1.807, 2.05) is 7.05 Å². The molecule has 5 heteroatoms. The van der Waals surface area contributed by atoms with Crippen molar-refractivity contribution in [3.63, 3.8) is 0 Å². The van der Waals surface area contributed by atoms with Crippen LogP contribution in [-0.4, -0.2) is 77.2 Å². The highest BCUT2D eigenvalue weighted by Crippen LogP contribution is 2.23. The van der Waals surface area contributed by atoms with E-state index in [4.69, 9.17) is 0 Å². The monoisotopic (exact) mass is 323 g/mol. The molecule has 0 saturated carbocycles. The second kappa shape index (κ2) is 8.46. The third-order valence-electron chi connectivity index (χ3n) is 5.03. The van der Waals surface area contributed by atoms with Crippen LogP contribution >= 0.6 is 0 Å². The summed E-state index contributed by atoms with van der Waals surface area (Å²) in [7, 11) is 1.93. The van der Waals surface area contributed by atoms with Gasteiger partial charge in [-0.1, -0.05) is 11.8 Å². The van der Waals surface area contributed by atoms with Crippen molar-refractivity contribution in [2.75, 3.05) is 33.4 Å². The lowest BCUT2D eigenvalue weighted by Gasteiger charge is -2.38. The molecule has 0 spiro atoms. The molecule has 3 atom stereocenters. The first-order valence-corrected chi connectivity index (χ1v) is 8.99. The van der Waals surface area contributed by atoms with Gasteiger partial charge in [0.15, 0.2) is 0 Å². The van der Waals surface area contributed by atoms with Crippen LogP contribution in [0.5, 0.6) is 0 Å². The van der Waals surface area contributed by atoms with E-state index in [-0.39, 0.29) is 12.1 Å². The highest BCUT2D eigenvalue weighted by atomic mass is 16.3. The van der Waals surface area contributed by atoms with Crippen molar-refractivity contribution in [3.8, 4) is 11.8 Å². The van der Waals surface area contributed by atoms with Crippen molar-refractivity contribution in [2.24, 2.45) is 0 Å². The van der Waals surface area contributed by atoms with Gasteiger partial charge in [0, 0.05) is 25.8 Å². The van der Waals surface area contributed by atoms with Crippen molar-refractivity contribution in [2.45, 2.75) is 69.7 Å². The van der Waals surface area contributed by atoms with Crippen molar-refractivity contribution in [1.82, 2.24) is 15.1 Å². The zero-order valence-electron chi connectivity index (χ0n) is 14.9. The molecule has 0 radical (unpaired) electrons. The van der Waals surface area contributed by atoms with Crippen LogP contribution < -0.4 is 5.32 Å². The Morgan fingerprint density at radius 1 is 1.26 bits per heavy atom. The molecule has 23 heavy (non-hydrogen) atoms. The van der Waals surface area contributed by atoms with Gasteiger partial charge in [-0.3, -0.25) is 9.80 Å². The van der Waals surface area contributed by atoms with E-state index in [0.29, 0.717) is 12.6 Å². The van der Waals surface area contributed by atoms with Crippen LogP contribution in [0.1, 0.15) is 46.0 Å². The zero-order chi connectivity index (χ0) is 16.9. The second-order valence-corrected chi connectivity index (χ2v) is 7.33. The summed E-state index contributed by atoms with van der Waals surface area (Å²) in [6.07, 6.45) is 3.97. The Morgan fingerprint density at radius 3 is 2.74 bits per heavy atom. The van der Waals surface area contributed by atoms with Crippen LogP contribution in [0.3, 0.4) is 0 Å². The lowest BCUT2D eigenvalue weighted by atomic mass is 9.92. The molecule has 2 saturated heterocycles. The van der Waals surface area contributed by atoms with Crippen molar-refractivity contribution in [3.05, 3.63) is 0 Å². The maximum atomic E-state index is 10.9. The molecular weight excluding hydrogens is 290 g/mol. The Labute approximate surface area is 141 Å². The lowest BCUT2D eigenvalue weighted by molar-refractivity contribution is 0.00408. The SMILES string of the molecule is CNCN1CCC(O)CCC1C#CC1(O)CCCN(C(C)C)C1. The van der Waals surface area contributed by atoms with E-state index in [9.17, 15) is 10.2 Å². The maximum absolute atomic E-state index is 10.9. The fourth-order valence-corrected chi connectivity index (χ4v) is 3.53. The Kier molecular flexibility index (Phi) is 6.87. The molecule has 2 heterocycles. The van der Waals surface area contributed by atoms with Crippen molar-refractivity contribution >= 4 is 0 Å². The molecule has 3 N–H and O–H groups in total. The van der Waals surface area contributed by atoms with Gasteiger partial charge in [0.2, 0.25) is 0 Å². The summed E-state index contributed by atoms with van der Waals surface area (Å²) in [5, 5.41) is 24.0. The topological polar surface area (TPSA) is 59.0 Å². The predicted molar refractivity (Wildman–Crippen MR) is 92.9 cm³/mol. The van der Waals surface area contributed by atoms with Gasteiger partial charge in [0.1, 0.15) is 5.60 Å². The molecule has 0 amide bonds. The maximum Gasteiger partial charge on any atom is 0.138 e. The standard InChI is InChI=1S/C18H33N3O2/c1-15(2)20-11-4-9-18(23,13-20)10-7-16-5-6-17(22)8-12-21(16)14-19-3/h15-17,19,22-23H,4-6,8-9,11-14H2,1-3H3. The Bertz CT molecular complexity index is 432. The van der Waals surface area contributed by atoms with Crippen LogP contribution in [0, 0.1) is 11.8 Å². The summed E-state index contributed by atoms with van der Waals surface area (Å²) in [4.78, 5) is 4.58. The largest absolute Gasteiger partial charge is 0.393 e. The predicted octanol–water partition coefficient (Wildman–Crippen LogP) is 0.617.